The minimum Gasteiger partial charge on any atom is -0.465 e. The molecule has 0 aliphatic heterocycles. The second kappa shape index (κ2) is 13.8. The lowest BCUT2D eigenvalue weighted by Gasteiger charge is -2.07. The van der Waals surface area contributed by atoms with Crippen molar-refractivity contribution in [2.45, 2.75) is 34.2 Å². The standard InChI is InChI=1S/C26H29N3O10S3/c1-6-29-16-10-9-15(23(32)37-5)11-17(16)40-26(29)28-19(31)13-42(35,36)12-18(30)27-22-20(24(33)38-7-2)14(4)21(41-22)25(34)39-8-3/h9-11H,6-8,12-13H2,1-5H3,(H,27,30). The number of rotatable bonds is 11. The quantitative estimate of drug-likeness (QED) is 0.242. The Balaban J connectivity index is 1.82. The number of carbonyl (C=O) groups excluding carboxylic acids is 5. The topological polar surface area (TPSA) is 176 Å². The molecule has 2 aromatic heterocycles. The lowest BCUT2D eigenvalue weighted by atomic mass is 10.1. The van der Waals surface area contributed by atoms with Gasteiger partial charge in [-0.05, 0) is 51.5 Å². The molecule has 0 radical (unpaired) electrons. The zero-order valence-electron chi connectivity index (χ0n) is 23.5. The predicted molar refractivity (Wildman–Crippen MR) is 156 cm³/mol. The van der Waals surface area contributed by atoms with E-state index in [4.69, 9.17) is 14.2 Å². The normalized spacial score (nSPS) is 11.8. The maximum absolute atomic E-state index is 12.7. The number of fused-ring (bicyclic) bond motifs is 1. The summed E-state index contributed by atoms with van der Waals surface area (Å²) in [6, 6.07) is 4.84. The number of sulfone groups is 1. The van der Waals surface area contributed by atoms with Gasteiger partial charge in [-0.2, -0.15) is 4.99 Å². The fourth-order valence-corrected chi connectivity index (χ4v) is 7.16. The Morgan fingerprint density at radius 3 is 2.24 bits per heavy atom. The van der Waals surface area contributed by atoms with Crippen LogP contribution in [-0.4, -0.2) is 74.5 Å². The summed E-state index contributed by atoms with van der Waals surface area (Å²) in [7, 11) is -3.03. The first-order chi connectivity index (χ1) is 19.8. The van der Waals surface area contributed by atoms with Crippen molar-refractivity contribution in [3.05, 3.63) is 44.6 Å². The number of ether oxygens (including phenoxy) is 3. The number of benzene rings is 1. The van der Waals surface area contributed by atoms with Gasteiger partial charge in [-0.1, -0.05) is 11.3 Å². The summed E-state index contributed by atoms with van der Waals surface area (Å²) in [5, 5.41) is 2.27. The Bertz CT molecular complexity index is 1730. The molecular formula is C26H29N3O10S3. The molecule has 0 fully saturated rings. The van der Waals surface area contributed by atoms with Crippen LogP contribution < -0.4 is 10.1 Å². The first-order valence-corrected chi connectivity index (χ1v) is 16.1. The number of carbonyl (C=O) groups is 5. The number of hydrogen-bond donors (Lipinski definition) is 1. The second-order valence-electron chi connectivity index (χ2n) is 8.59. The Labute approximate surface area is 249 Å². The number of amides is 2. The zero-order valence-corrected chi connectivity index (χ0v) is 25.9. The van der Waals surface area contributed by atoms with Crippen molar-refractivity contribution < 1.29 is 46.6 Å². The number of hydrogen-bond acceptors (Lipinski definition) is 12. The number of esters is 3. The highest BCUT2D eigenvalue weighted by atomic mass is 32.2. The smallest absolute Gasteiger partial charge is 0.348 e. The molecule has 1 N–H and O–H groups in total. The highest BCUT2D eigenvalue weighted by Crippen LogP contribution is 2.34. The number of thiophene rings is 1. The molecule has 42 heavy (non-hydrogen) atoms. The maximum atomic E-state index is 12.7. The number of aryl methyl sites for hydroxylation is 1. The van der Waals surface area contributed by atoms with Crippen LogP contribution in [0.25, 0.3) is 10.2 Å². The molecule has 3 aromatic rings. The van der Waals surface area contributed by atoms with Crippen LogP contribution in [-0.2, 0) is 40.2 Å². The van der Waals surface area contributed by atoms with E-state index in [0.29, 0.717) is 22.3 Å². The maximum Gasteiger partial charge on any atom is 0.348 e. The van der Waals surface area contributed by atoms with Crippen LogP contribution in [0.5, 0.6) is 0 Å². The van der Waals surface area contributed by atoms with Gasteiger partial charge in [0.05, 0.1) is 41.7 Å². The lowest BCUT2D eigenvalue weighted by molar-refractivity contribution is -0.115. The monoisotopic (exact) mass is 639 g/mol. The van der Waals surface area contributed by atoms with Gasteiger partial charge in [0.2, 0.25) is 5.91 Å². The molecule has 0 atom stereocenters. The van der Waals surface area contributed by atoms with Crippen LogP contribution in [0.4, 0.5) is 5.00 Å². The summed E-state index contributed by atoms with van der Waals surface area (Å²) < 4.78 is 42.6. The first-order valence-electron chi connectivity index (χ1n) is 12.6. The molecule has 16 heteroatoms. The summed E-state index contributed by atoms with van der Waals surface area (Å²) in [5.74, 6) is -6.19. The number of aromatic nitrogens is 1. The zero-order chi connectivity index (χ0) is 31.2. The van der Waals surface area contributed by atoms with Gasteiger partial charge in [0, 0.05) is 6.54 Å². The average Bonchev–Trinajstić information content (AvgIpc) is 3.42. The minimum atomic E-state index is -4.29. The largest absolute Gasteiger partial charge is 0.465 e. The molecule has 3 rings (SSSR count). The van der Waals surface area contributed by atoms with Crippen molar-refractivity contribution in [1.82, 2.24) is 4.57 Å². The van der Waals surface area contributed by atoms with E-state index in [1.54, 1.807) is 36.6 Å². The Morgan fingerprint density at radius 1 is 0.952 bits per heavy atom. The Kier molecular flexibility index (Phi) is 10.8. The van der Waals surface area contributed by atoms with Gasteiger partial charge in [0.1, 0.15) is 21.4 Å². The summed E-state index contributed by atoms with van der Waals surface area (Å²) >= 11 is 1.84. The molecule has 0 saturated heterocycles. The molecule has 0 spiro atoms. The number of thiazole rings is 1. The molecule has 2 amide bonds. The van der Waals surface area contributed by atoms with Crippen molar-refractivity contribution in [1.29, 1.82) is 0 Å². The number of nitrogens with one attached hydrogen (secondary N) is 1. The van der Waals surface area contributed by atoms with Crippen molar-refractivity contribution >= 4 is 77.5 Å². The van der Waals surface area contributed by atoms with Gasteiger partial charge in [-0.3, -0.25) is 9.59 Å². The Hall–Kier alpha value is -3.89. The summed E-state index contributed by atoms with van der Waals surface area (Å²) in [6.45, 7) is 7.01. The van der Waals surface area contributed by atoms with E-state index in [0.717, 1.165) is 22.7 Å². The van der Waals surface area contributed by atoms with E-state index in [1.807, 2.05) is 6.92 Å². The fraction of sp³-hybridized carbons (Fsp3) is 0.385. The van der Waals surface area contributed by atoms with Crippen molar-refractivity contribution in [2.75, 3.05) is 37.1 Å². The van der Waals surface area contributed by atoms with Crippen LogP contribution >= 0.6 is 22.7 Å². The summed E-state index contributed by atoms with van der Waals surface area (Å²) in [6.07, 6.45) is 0. The second-order valence-corrected chi connectivity index (χ2v) is 12.7. The minimum absolute atomic E-state index is 0.0283. The Morgan fingerprint density at radius 2 is 1.62 bits per heavy atom. The highest BCUT2D eigenvalue weighted by molar-refractivity contribution is 7.92. The molecular weight excluding hydrogens is 610 g/mol. The van der Waals surface area contributed by atoms with Crippen molar-refractivity contribution in [3.8, 4) is 0 Å². The third-order valence-corrected chi connectivity index (χ3v) is 9.29. The predicted octanol–water partition coefficient (Wildman–Crippen LogP) is 2.71. The first kappa shape index (κ1) is 32.6. The molecule has 2 heterocycles. The van der Waals surface area contributed by atoms with E-state index >= 15 is 0 Å². The average molecular weight is 640 g/mol. The molecule has 13 nitrogen and oxygen atoms in total. The van der Waals surface area contributed by atoms with E-state index in [1.165, 1.54) is 14.0 Å². The molecule has 0 saturated carbocycles. The van der Waals surface area contributed by atoms with Gasteiger partial charge in [-0.15, -0.1) is 11.3 Å². The van der Waals surface area contributed by atoms with Gasteiger partial charge >= 0.3 is 17.9 Å². The highest BCUT2D eigenvalue weighted by Gasteiger charge is 2.29. The van der Waals surface area contributed by atoms with E-state index in [-0.39, 0.29) is 39.0 Å². The van der Waals surface area contributed by atoms with E-state index in [2.05, 4.69) is 10.3 Å². The SMILES string of the molecule is CCOC(=O)c1sc(NC(=O)CS(=O)(=O)CC(=O)N=c2sc3cc(C(=O)OC)ccc3n2CC)c(C(=O)OCC)c1C. The van der Waals surface area contributed by atoms with Crippen LogP contribution in [0.15, 0.2) is 23.2 Å². The van der Waals surface area contributed by atoms with Gasteiger partial charge < -0.3 is 24.1 Å². The molecule has 1 aromatic carbocycles. The number of anilines is 1. The van der Waals surface area contributed by atoms with Crippen LogP contribution in [0.3, 0.4) is 0 Å². The molecule has 226 valence electrons. The van der Waals surface area contributed by atoms with Crippen molar-refractivity contribution in [3.63, 3.8) is 0 Å². The summed E-state index contributed by atoms with van der Waals surface area (Å²) in [5.41, 5.74) is 1.12. The molecule has 0 aliphatic carbocycles. The van der Waals surface area contributed by atoms with Gasteiger partial charge in [-0.25, -0.2) is 22.8 Å². The van der Waals surface area contributed by atoms with Gasteiger partial charge in [0.15, 0.2) is 14.6 Å². The van der Waals surface area contributed by atoms with Gasteiger partial charge in [0.25, 0.3) is 5.91 Å². The molecule has 0 aliphatic rings. The van der Waals surface area contributed by atoms with Crippen LogP contribution in [0.2, 0.25) is 0 Å². The van der Waals surface area contributed by atoms with Crippen LogP contribution in [0, 0.1) is 6.92 Å². The van der Waals surface area contributed by atoms with E-state index < -0.39 is 51.1 Å². The lowest BCUT2D eigenvalue weighted by Crippen LogP contribution is -2.28. The molecule has 0 unspecified atom stereocenters. The summed E-state index contributed by atoms with van der Waals surface area (Å²) in [4.78, 5) is 66.3. The van der Waals surface area contributed by atoms with E-state index in [9.17, 15) is 32.4 Å². The van der Waals surface area contributed by atoms with Crippen LogP contribution in [0.1, 0.15) is 56.7 Å². The fourth-order valence-electron chi connectivity index (χ4n) is 3.89. The number of methoxy groups -OCH3 is 1. The van der Waals surface area contributed by atoms with Crippen molar-refractivity contribution in [2.24, 2.45) is 4.99 Å². The number of nitrogens with zero attached hydrogens (tertiary/aromatic N) is 2. The third-order valence-electron chi connectivity index (χ3n) is 5.67. The third kappa shape index (κ3) is 7.49. The molecule has 0 bridgehead atoms.